The number of carboxylic acid groups (broad SMARTS) is 2. The summed E-state index contributed by atoms with van der Waals surface area (Å²) in [5.41, 5.74) is -0.743. The van der Waals surface area contributed by atoms with E-state index in [2.05, 4.69) is 0 Å². The Morgan fingerprint density at radius 3 is 1.58 bits per heavy atom. The van der Waals surface area contributed by atoms with Gasteiger partial charge in [-0.2, -0.15) is 0 Å². The zero-order valence-electron chi connectivity index (χ0n) is 5.42. The highest BCUT2D eigenvalue weighted by atomic mass is 35.5. The van der Waals surface area contributed by atoms with Crippen LogP contribution in [-0.4, -0.2) is 27.0 Å². The fourth-order valence-electron chi connectivity index (χ4n) is 0.398. The van der Waals surface area contributed by atoms with Crippen molar-refractivity contribution in [1.29, 1.82) is 0 Å². The molecule has 0 aromatic heterocycles. The monoisotopic (exact) mass is 232 g/mol. The van der Waals surface area contributed by atoms with Crippen LogP contribution in [0.5, 0.6) is 0 Å². The van der Waals surface area contributed by atoms with Crippen molar-refractivity contribution in [3.63, 3.8) is 0 Å². The van der Waals surface area contributed by atoms with Gasteiger partial charge < -0.3 is 10.2 Å². The summed E-state index contributed by atoms with van der Waals surface area (Å²) in [6, 6.07) is 0. The van der Waals surface area contributed by atoms with Gasteiger partial charge in [-0.3, -0.25) is 0 Å². The third kappa shape index (κ3) is 2.89. The van der Waals surface area contributed by atoms with Crippen LogP contribution in [0.25, 0.3) is 0 Å². The van der Waals surface area contributed by atoms with Gasteiger partial charge in [-0.25, -0.2) is 9.59 Å². The summed E-state index contributed by atoms with van der Waals surface area (Å²) in [4.78, 5) is 19.0. The number of alkyl halides is 2. The molecule has 0 amide bonds. The Morgan fingerprint density at radius 1 is 1.08 bits per heavy atom. The summed E-state index contributed by atoms with van der Waals surface area (Å²) in [6.07, 6.45) is 0. The molecule has 0 bridgehead atoms. The predicted octanol–water partition coefficient (Wildman–Crippen LogP) is 1.45. The van der Waals surface area contributed by atoms with E-state index in [-0.39, 0.29) is 0 Å². The summed E-state index contributed by atoms with van der Waals surface area (Å²) in [6.45, 7) is 0. The standard InChI is InChI=1S/C5H3Cl3O4/c6-2(5(11)12)1(3(7)8)4(9)10/h3H,(H,9,10)(H,11,12)/b2-1-. The molecule has 0 aliphatic rings. The van der Waals surface area contributed by atoms with Crippen LogP contribution in [-0.2, 0) is 9.59 Å². The van der Waals surface area contributed by atoms with Gasteiger partial charge in [0, 0.05) is 0 Å². The van der Waals surface area contributed by atoms with Crippen molar-refractivity contribution in [2.45, 2.75) is 4.84 Å². The third-order valence-corrected chi connectivity index (χ3v) is 1.67. The van der Waals surface area contributed by atoms with Crippen LogP contribution < -0.4 is 0 Å². The summed E-state index contributed by atoms with van der Waals surface area (Å²) < 4.78 is 0. The molecular weight excluding hydrogens is 230 g/mol. The molecule has 4 nitrogen and oxygen atoms in total. The second kappa shape index (κ2) is 4.54. The lowest BCUT2D eigenvalue weighted by atomic mass is 10.3. The minimum absolute atomic E-state index is 0.743. The molecule has 0 radical (unpaired) electrons. The van der Waals surface area contributed by atoms with Gasteiger partial charge in [0.25, 0.3) is 0 Å². The minimum Gasteiger partial charge on any atom is -0.478 e. The summed E-state index contributed by atoms with van der Waals surface area (Å²) in [5.74, 6) is -3.14. The van der Waals surface area contributed by atoms with Crippen LogP contribution in [0.2, 0.25) is 0 Å². The Morgan fingerprint density at radius 2 is 1.50 bits per heavy atom. The molecule has 0 unspecified atom stereocenters. The molecule has 0 rings (SSSR count). The maximum atomic E-state index is 10.3. The van der Waals surface area contributed by atoms with E-state index in [9.17, 15) is 9.59 Å². The van der Waals surface area contributed by atoms with E-state index in [1.165, 1.54) is 0 Å². The number of aliphatic carboxylic acids is 2. The van der Waals surface area contributed by atoms with Crippen LogP contribution >= 0.6 is 34.8 Å². The van der Waals surface area contributed by atoms with E-state index in [4.69, 9.17) is 45.0 Å². The first kappa shape index (κ1) is 11.6. The first-order chi connectivity index (χ1) is 5.37. The fourth-order valence-corrected chi connectivity index (χ4v) is 1.10. The normalized spacial score (nSPS) is 12.7. The number of halogens is 3. The third-order valence-electron chi connectivity index (χ3n) is 0.873. The molecule has 0 aromatic carbocycles. The number of hydrogen-bond acceptors (Lipinski definition) is 2. The second-order valence-electron chi connectivity index (χ2n) is 1.64. The van der Waals surface area contributed by atoms with Crippen LogP contribution in [0.1, 0.15) is 0 Å². The number of rotatable bonds is 3. The Balaban J connectivity index is 5.08. The lowest BCUT2D eigenvalue weighted by Gasteiger charge is -2.02. The Bertz CT molecular complexity index is 245. The van der Waals surface area contributed by atoms with Crippen molar-refractivity contribution in [2.75, 3.05) is 0 Å². The van der Waals surface area contributed by atoms with Crippen molar-refractivity contribution >= 4 is 46.7 Å². The topological polar surface area (TPSA) is 74.6 Å². The first-order valence-electron chi connectivity index (χ1n) is 2.52. The fraction of sp³-hybridized carbons (Fsp3) is 0.200. The SMILES string of the molecule is O=C(O)/C(Cl)=C(/C(=O)O)C(Cl)Cl. The van der Waals surface area contributed by atoms with Crippen molar-refractivity contribution < 1.29 is 19.8 Å². The highest BCUT2D eigenvalue weighted by molar-refractivity contribution is 6.51. The van der Waals surface area contributed by atoms with E-state index >= 15 is 0 Å². The largest absolute Gasteiger partial charge is 0.478 e. The highest BCUT2D eigenvalue weighted by Crippen LogP contribution is 2.21. The molecule has 68 valence electrons. The molecule has 2 N–H and O–H groups in total. The van der Waals surface area contributed by atoms with Crippen molar-refractivity contribution in [3.8, 4) is 0 Å². The lowest BCUT2D eigenvalue weighted by Crippen LogP contribution is -2.13. The van der Waals surface area contributed by atoms with Gasteiger partial charge in [-0.15, -0.1) is 0 Å². The van der Waals surface area contributed by atoms with Crippen LogP contribution in [0, 0.1) is 0 Å². The van der Waals surface area contributed by atoms with Gasteiger partial charge in [0.05, 0.1) is 5.57 Å². The molecule has 0 spiro atoms. The summed E-state index contributed by atoms with van der Waals surface area (Å²) >= 11 is 15.4. The van der Waals surface area contributed by atoms with Crippen molar-refractivity contribution in [3.05, 3.63) is 10.6 Å². The first-order valence-corrected chi connectivity index (χ1v) is 3.77. The molecule has 0 aromatic rings. The molecule has 0 aliphatic carbocycles. The molecule has 0 atom stereocenters. The molecule has 0 aliphatic heterocycles. The van der Waals surface area contributed by atoms with Gasteiger partial charge in [-0.05, 0) is 0 Å². The van der Waals surface area contributed by atoms with Gasteiger partial charge in [0.2, 0.25) is 0 Å². The second-order valence-corrected chi connectivity index (χ2v) is 3.11. The number of hydrogen-bond donors (Lipinski definition) is 2. The molecule has 0 fully saturated rings. The van der Waals surface area contributed by atoms with Crippen LogP contribution in [0.3, 0.4) is 0 Å². The Hall–Kier alpha value is -0.450. The number of carboxylic acids is 2. The molecule has 0 saturated heterocycles. The zero-order valence-corrected chi connectivity index (χ0v) is 7.69. The minimum atomic E-state index is -1.58. The van der Waals surface area contributed by atoms with Crippen LogP contribution in [0.4, 0.5) is 0 Å². The van der Waals surface area contributed by atoms with Gasteiger partial charge >= 0.3 is 11.9 Å². The maximum Gasteiger partial charge on any atom is 0.347 e. The van der Waals surface area contributed by atoms with E-state index in [1.54, 1.807) is 0 Å². The molecule has 7 heteroatoms. The van der Waals surface area contributed by atoms with E-state index in [1.807, 2.05) is 0 Å². The maximum absolute atomic E-state index is 10.3. The van der Waals surface area contributed by atoms with E-state index in [0.717, 1.165) is 0 Å². The average Bonchev–Trinajstić information content (AvgIpc) is 1.85. The lowest BCUT2D eigenvalue weighted by molar-refractivity contribution is -0.135. The average molecular weight is 233 g/mol. The predicted molar refractivity (Wildman–Crippen MR) is 43.6 cm³/mol. The summed E-state index contributed by atoms with van der Waals surface area (Å²) in [7, 11) is 0. The molecule has 12 heavy (non-hydrogen) atoms. The van der Waals surface area contributed by atoms with E-state index in [0.29, 0.717) is 0 Å². The van der Waals surface area contributed by atoms with Gasteiger partial charge in [-0.1, -0.05) is 34.8 Å². The van der Waals surface area contributed by atoms with Gasteiger partial charge in [0.15, 0.2) is 0 Å². The number of carbonyl (C=O) groups is 2. The van der Waals surface area contributed by atoms with E-state index < -0.39 is 27.4 Å². The van der Waals surface area contributed by atoms with Gasteiger partial charge in [0.1, 0.15) is 9.87 Å². The Labute approximate surface area is 82.3 Å². The smallest absolute Gasteiger partial charge is 0.347 e. The van der Waals surface area contributed by atoms with Crippen LogP contribution in [0.15, 0.2) is 10.6 Å². The molecule has 0 saturated carbocycles. The summed E-state index contributed by atoms with van der Waals surface area (Å²) in [5, 5.41) is 15.8. The zero-order chi connectivity index (χ0) is 9.89. The molecular formula is C5H3Cl3O4. The van der Waals surface area contributed by atoms with Crippen molar-refractivity contribution in [2.24, 2.45) is 0 Å². The van der Waals surface area contributed by atoms with Crippen molar-refractivity contribution in [1.82, 2.24) is 0 Å². The quantitative estimate of drug-likeness (QED) is 0.571. The Kier molecular flexibility index (Phi) is 4.37. The highest BCUT2D eigenvalue weighted by Gasteiger charge is 2.23. The molecule has 0 heterocycles.